The first-order valence-electron chi connectivity index (χ1n) is 5.88. The van der Waals surface area contributed by atoms with Crippen molar-refractivity contribution in [2.75, 3.05) is 19.6 Å². The van der Waals surface area contributed by atoms with E-state index in [1.807, 2.05) is 0 Å². The van der Waals surface area contributed by atoms with E-state index in [4.69, 9.17) is 0 Å². The molecule has 1 aliphatic rings. The monoisotopic (exact) mass is 252 g/mol. The lowest BCUT2D eigenvalue weighted by molar-refractivity contribution is -0.391. The summed E-state index contributed by atoms with van der Waals surface area (Å²) in [6.45, 7) is 2.49. The largest absolute Gasteiger partial charge is 0.358 e. The summed E-state index contributed by atoms with van der Waals surface area (Å²) in [6.07, 6.45) is 1.05. The van der Waals surface area contributed by atoms with Crippen LogP contribution in [0.15, 0.2) is 12.1 Å². The van der Waals surface area contributed by atoms with Gasteiger partial charge in [-0.1, -0.05) is 0 Å². The zero-order valence-corrected chi connectivity index (χ0v) is 10.2. The van der Waals surface area contributed by atoms with Gasteiger partial charge in [0.1, 0.15) is 0 Å². The first-order chi connectivity index (χ1) is 8.59. The van der Waals surface area contributed by atoms with E-state index in [0.29, 0.717) is 18.2 Å². The molecule has 2 heterocycles. The van der Waals surface area contributed by atoms with E-state index in [1.165, 1.54) is 23.7 Å². The van der Waals surface area contributed by atoms with Crippen LogP contribution < -0.4 is 10.6 Å². The minimum absolute atomic E-state index is 0.0808. The summed E-state index contributed by atoms with van der Waals surface area (Å²) in [7, 11) is 1.52. The molecular weight excluding hydrogens is 236 g/mol. The van der Waals surface area contributed by atoms with Gasteiger partial charge in [-0.15, -0.1) is 0 Å². The summed E-state index contributed by atoms with van der Waals surface area (Å²) in [4.78, 5) is 22.1. The summed E-state index contributed by atoms with van der Waals surface area (Å²) in [6, 6.07) is 2.81. The number of amides is 1. The van der Waals surface area contributed by atoms with Gasteiger partial charge in [-0.2, -0.15) is 0 Å². The minimum atomic E-state index is -0.502. The van der Waals surface area contributed by atoms with E-state index in [-0.39, 0.29) is 11.7 Å². The lowest BCUT2D eigenvalue weighted by Crippen LogP contribution is -2.31. The maximum Gasteiger partial charge on any atom is 0.323 e. The van der Waals surface area contributed by atoms with Gasteiger partial charge in [0.15, 0.2) is 5.69 Å². The van der Waals surface area contributed by atoms with E-state index in [2.05, 4.69) is 10.6 Å². The molecule has 18 heavy (non-hydrogen) atoms. The summed E-state index contributed by atoms with van der Waals surface area (Å²) in [5, 5.41) is 16.7. The molecule has 1 aromatic rings. The maximum atomic E-state index is 11.9. The van der Waals surface area contributed by atoms with E-state index >= 15 is 0 Å². The number of nitro groups is 1. The fourth-order valence-corrected chi connectivity index (χ4v) is 2.13. The molecule has 0 aromatic carbocycles. The Morgan fingerprint density at radius 1 is 1.67 bits per heavy atom. The van der Waals surface area contributed by atoms with Crippen LogP contribution in [0.2, 0.25) is 0 Å². The van der Waals surface area contributed by atoms with Crippen molar-refractivity contribution < 1.29 is 9.72 Å². The van der Waals surface area contributed by atoms with Gasteiger partial charge >= 0.3 is 5.82 Å². The predicted molar refractivity (Wildman–Crippen MR) is 65.4 cm³/mol. The molecule has 0 radical (unpaired) electrons. The van der Waals surface area contributed by atoms with E-state index < -0.39 is 4.92 Å². The maximum absolute atomic E-state index is 11.9. The van der Waals surface area contributed by atoms with Gasteiger partial charge < -0.3 is 20.7 Å². The average Bonchev–Trinajstić information content (AvgIpc) is 2.94. The van der Waals surface area contributed by atoms with Crippen LogP contribution in [-0.4, -0.2) is 35.0 Å². The molecule has 1 aliphatic heterocycles. The Labute approximate surface area is 104 Å². The molecule has 2 rings (SSSR count). The Morgan fingerprint density at radius 2 is 2.44 bits per heavy atom. The number of carbonyl (C=O) groups is 1. The quantitative estimate of drug-likeness (QED) is 0.594. The number of aromatic nitrogens is 1. The molecule has 7 nitrogen and oxygen atoms in total. The molecule has 1 fully saturated rings. The van der Waals surface area contributed by atoms with Crippen LogP contribution >= 0.6 is 0 Å². The Hall–Kier alpha value is -1.89. The van der Waals surface area contributed by atoms with Gasteiger partial charge in [0.25, 0.3) is 5.91 Å². The number of hydrogen-bond acceptors (Lipinski definition) is 4. The Balaban J connectivity index is 1.98. The SMILES string of the molecule is Cn1c(C(=O)NCC2CCNC2)ccc1[N+](=O)[O-]. The van der Waals surface area contributed by atoms with Crippen LogP contribution in [0.5, 0.6) is 0 Å². The zero-order chi connectivity index (χ0) is 13.1. The smallest absolute Gasteiger partial charge is 0.323 e. The summed E-state index contributed by atoms with van der Waals surface area (Å²) in [5.74, 6) is 0.101. The van der Waals surface area contributed by atoms with Crippen LogP contribution in [0.3, 0.4) is 0 Å². The summed E-state index contributed by atoms with van der Waals surface area (Å²) >= 11 is 0. The number of nitrogens with one attached hydrogen (secondary N) is 2. The first-order valence-corrected chi connectivity index (χ1v) is 5.88. The van der Waals surface area contributed by atoms with Crippen molar-refractivity contribution in [1.82, 2.24) is 15.2 Å². The number of nitrogens with zero attached hydrogens (tertiary/aromatic N) is 2. The molecule has 1 aromatic heterocycles. The highest BCUT2D eigenvalue weighted by Gasteiger charge is 2.22. The normalized spacial score (nSPS) is 18.8. The van der Waals surface area contributed by atoms with Gasteiger partial charge in [-0.3, -0.25) is 4.79 Å². The van der Waals surface area contributed by atoms with E-state index in [9.17, 15) is 14.9 Å². The Kier molecular flexibility index (Phi) is 3.61. The second-order valence-corrected chi connectivity index (χ2v) is 4.46. The molecule has 0 aliphatic carbocycles. The third kappa shape index (κ3) is 2.51. The Bertz CT molecular complexity index is 463. The number of rotatable bonds is 4. The highest BCUT2D eigenvalue weighted by molar-refractivity contribution is 5.93. The van der Waals surface area contributed by atoms with Crippen molar-refractivity contribution in [1.29, 1.82) is 0 Å². The van der Waals surface area contributed by atoms with Crippen molar-refractivity contribution in [3.63, 3.8) is 0 Å². The van der Waals surface area contributed by atoms with Gasteiger partial charge in [0, 0.05) is 12.6 Å². The van der Waals surface area contributed by atoms with E-state index in [1.54, 1.807) is 0 Å². The molecule has 1 amide bonds. The van der Waals surface area contributed by atoms with Gasteiger partial charge in [-0.25, -0.2) is 4.57 Å². The molecule has 2 N–H and O–H groups in total. The number of carbonyl (C=O) groups excluding carboxylic acids is 1. The van der Waals surface area contributed by atoms with Crippen molar-refractivity contribution in [3.8, 4) is 0 Å². The lowest BCUT2D eigenvalue weighted by Gasteiger charge is -2.09. The van der Waals surface area contributed by atoms with Crippen LogP contribution in [0.25, 0.3) is 0 Å². The van der Waals surface area contributed by atoms with Crippen molar-refractivity contribution in [2.24, 2.45) is 13.0 Å². The molecule has 0 bridgehead atoms. The molecule has 7 heteroatoms. The van der Waals surface area contributed by atoms with Gasteiger partial charge in [0.05, 0.1) is 7.05 Å². The Morgan fingerprint density at radius 3 is 3.00 bits per heavy atom. The van der Waals surface area contributed by atoms with Crippen LogP contribution in [-0.2, 0) is 7.05 Å². The third-order valence-corrected chi connectivity index (χ3v) is 3.23. The lowest BCUT2D eigenvalue weighted by atomic mass is 10.1. The summed E-state index contributed by atoms with van der Waals surface area (Å²) < 4.78 is 1.29. The predicted octanol–water partition coefficient (Wildman–Crippen LogP) is 0.273. The highest BCUT2D eigenvalue weighted by atomic mass is 16.6. The fourth-order valence-electron chi connectivity index (χ4n) is 2.13. The van der Waals surface area contributed by atoms with Crippen LogP contribution in [0, 0.1) is 16.0 Å². The molecule has 0 spiro atoms. The third-order valence-electron chi connectivity index (χ3n) is 3.23. The van der Waals surface area contributed by atoms with Gasteiger partial charge in [-0.05, 0) is 36.4 Å². The van der Waals surface area contributed by atoms with Crippen molar-refractivity contribution >= 4 is 11.7 Å². The van der Waals surface area contributed by atoms with Crippen LogP contribution in [0.4, 0.5) is 5.82 Å². The second kappa shape index (κ2) is 5.18. The average molecular weight is 252 g/mol. The van der Waals surface area contributed by atoms with Gasteiger partial charge in [0.2, 0.25) is 0 Å². The first kappa shape index (κ1) is 12.6. The molecular formula is C11H16N4O3. The standard InChI is InChI=1S/C11H16N4O3/c1-14-9(2-3-10(14)15(17)18)11(16)13-7-8-4-5-12-6-8/h2-3,8,12H,4-7H2,1H3,(H,13,16). The topological polar surface area (TPSA) is 89.2 Å². The van der Waals surface area contributed by atoms with E-state index in [0.717, 1.165) is 19.5 Å². The highest BCUT2D eigenvalue weighted by Crippen LogP contribution is 2.15. The zero-order valence-electron chi connectivity index (χ0n) is 10.2. The summed E-state index contributed by atoms with van der Waals surface area (Å²) in [5.41, 5.74) is 0.313. The van der Waals surface area contributed by atoms with Crippen LogP contribution in [0.1, 0.15) is 16.9 Å². The van der Waals surface area contributed by atoms with Crippen molar-refractivity contribution in [2.45, 2.75) is 6.42 Å². The molecule has 98 valence electrons. The minimum Gasteiger partial charge on any atom is -0.358 e. The molecule has 1 atom stereocenters. The second-order valence-electron chi connectivity index (χ2n) is 4.46. The molecule has 1 unspecified atom stereocenters. The molecule has 1 saturated heterocycles. The van der Waals surface area contributed by atoms with Crippen molar-refractivity contribution in [3.05, 3.63) is 27.9 Å². The number of hydrogen-bond donors (Lipinski definition) is 2. The molecule has 0 saturated carbocycles. The fraction of sp³-hybridized carbons (Fsp3) is 0.545.